The summed E-state index contributed by atoms with van der Waals surface area (Å²) in [5, 5.41) is 0. The highest BCUT2D eigenvalue weighted by Gasteiger charge is 2.22. The molecular formula is C9H14O2. The summed E-state index contributed by atoms with van der Waals surface area (Å²) in [6.07, 6.45) is 3.00. The zero-order valence-electron chi connectivity index (χ0n) is 7.14. The Morgan fingerprint density at radius 3 is 2.55 bits per heavy atom. The van der Waals surface area contributed by atoms with Crippen molar-refractivity contribution < 1.29 is 9.53 Å². The van der Waals surface area contributed by atoms with Crippen LogP contribution in [0.25, 0.3) is 0 Å². The Morgan fingerprint density at radius 1 is 1.45 bits per heavy atom. The van der Waals surface area contributed by atoms with Crippen molar-refractivity contribution in [1.29, 1.82) is 0 Å². The van der Waals surface area contributed by atoms with E-state index in [9.17, 15) is 4.79 Å². The van der Waals surface area contributed by atoms with Gasteiger partial charge in [0.05, 0.1) is 6.61 Å². The molecule has 1 aliphatic rings. The minimum atomic E-state index is -0.101. The topological polar surface area (TPSA) is 26.3 Å². The van der Waals surface area contributed by atoms with Gasteiger partial charge in [0.15, 0.2) is 0 Å². The summed E-state index contributed by atoms with van der Waals surface area (Å²) in [4.78, 5) is 11.1. The molecule has 11 heavy (non-hydrogen) atoms. The van der Waals surface area contributed by atoms with Crippen molar-refractivity contribution in [3.63, 3.8) is 0 Å². The molecule has 0 aromatic heterocycles. The van der Waals surface area contributed by atoms with Gasteiger partial charge in [0.2, 0.25) is 0 Å². The minimum absolute atomic E-state index is 0.101. The van der Waals surface area contributed by atoms with Gasteiger partial charge in [-0.25, -0.2) is 4.79 Å². The first kappa shape index (κ1) is 8.31. The lowest BCUT2D eigenvalue weighted by molar-refractivity contribution is -0.139. The van der Waals surface area contributed by atoms with Crippen molar-refractivity contribution in [2.24, 2.45) is 0 Å². The molecule has 0 unspecified atom stereocenters. The Morgan fingerprint density at radius 2 is 2.18 bits per heavy atom. The Labute approximate surface area is 67.2 Å². The van der Waals surface area contributed by atoms with Gasteiger partial charge < -0.3 is 4.74 Å². The quantitative estimate of drug-likeness (QED) is 0.581. The second-order valence-electron chi connectivity index (χ2n) is 2.66. The van der Waals surface area contributed by atoms with Crippen LogP contribution in [0.2, 0.25) is 0 Å². The predicted molar refractivity (Wildman–Crippen MR) is 43.2 cm³/mol. The third-order valence-corrected chi connectivity index (χ3v) is 2.05. The first-order chi connectivity index (χ1) is 5.29. The summed E-state index contributed by atoms with van der Waals surface area (Å²) in [5.74, 6) is -0.101. The van der Waals surface area contributed by atoms with Crippen LogP contribution in [0.4, 0.5) is 0 Å². The van der Waals surface area contributed by atoms with Gasteiger partial charge in [-0.3, -0.25) is 0 Å². The molecule has 0 aromatic carbocycles. The lowest BCUT2D eigenvalue weighted by atomic mass is 9.87. The van der Waals surface area contributed by atoms with Gasteiger partial charge in [-0.15, -0.1) is 0 Å². The first-order valence-electron chi connectivity index (χ1n) is 4.17. The summed E-state index contributed by atoms with van der Waals surface area (Å²) in [5.41, 5.74) is 2.21. The van der Waals surface area contributed by atoms with Gasteiger partial charge in [-0.2, -0.15) is 0 Å². The molecule has 1 rings (SSSR count). The largest absolute Gasteiger partial charge is 0.463 e. The maximum absolute atomic E-state index is 11.1. The predicted octanol–water partition coefficient (Wildman–Crippen LogP) is 2.05. The molecule has 0 saturated carbocycles. The molecule has 0 atom stereocenters. The number of ether oxygens (including phenoxy) is 1. The molecular weight excluding hydrogens is 140 g/mol. The number of allylic oxidation sites excluding steroid dienone is 1. The molecule has 2 heteroatoms. The van der Waals surface area contributed by atoms with E-state index in [1.54, 1.807) is 0 Å². The van der Waals surface area contributed by atoms with E-state index in [-0.39, 0.29) is 5.97 Å². The molecule has 0 radical (unpaired) electrons. The van der Waals surface area contributed by atoms with Crippen LogP contribution < -0.4 is 0 Å². The van der Waals surface area contributed by atoms with Crippen LogP contribution in [0, 0.1) is 0 Å². The molecule has 1 aliphatic carbocycles. The monoisotopic (exact) mass is 154 g/mol. The smallest absolute Gasteiger partial charge is 0.333 e. The van der Waals surface area contributed by atoms with E-state index in [4.69, 9.17) is 4.74 Å². The van der Waals surface area contributed by atoms with Gasteiger partial charge >= 0.3 is 5.97 Å². The average molecular weight is 154 g/mol. The summed E-state index contributed by atoms with van der Waals surface area (Å²) in [6, 6.07) is 0. The van der Waals surface area contributed by atoms with E-state index < -0.39 is 0 Å². The summed E-state index contributed by atoms with van der Waals surface area (Å²) < 4.78 is 4.88. The highest BCUT2D eigenvalue weighted by molar-refractivity contribution is 5.91. The van der Waals surface area contributed by atoms with E-state index in [1.807, 2.05) is 6.92 Å². The van der Waals surface area contributed by atoms with Crippen LogP contribution in [-0.4, -0.2) is 12.6 Å². The molecule has 0 N–H and O–H groups in total. The summed E-state index contributed by atoms with van der Waals surface area (Å²) >= 11 is 0. The molecule has 0 aromatic rings. The molecule has 0 bridgehead atoms. The van der Waals surface area contributed by atoms with Gasteiger partial charge in [0, 0.05) is 5.57 Å². The molecule has 0 aliphatic heterocycles. The van der Waals surface area contributed by atoms with Crippen LogP contribution in [0.5, 0.6) is 0 Å². The Bertz CT molecular complexity index is 192. The second-order valence-corrected chi connectivity index (χ2v) is 2.66. The normalized spacial score (nSPS) is 16.2. The SMILES string of the molecule is CCOC(=O)C1=C(CC)CC1. The molecule has 0 spiro atoms. The molecule has 0 saturated heterocycles. The van der Waals surface area contributed by atoms with Crippen molar-refractivity contribution in [1.82, 2.24) is 0 Å². The van der Waals surface area contributed by atoms with Gasteiger partial charge in [0.25, 0.3) is 0 Å². The number of carbonyl (C=O) groups is 1. The number of hydrogen-bond acceptors (Lipinski definition) is 2. The molecule has 0 fully saturated rings. The molecule has 62 valence electrons. The van der Waals surface area contributed by atoms with Gasteiger partial charge in [0.1, 0.15) is 0 Å². The zero-order valence-corrected chi connectivity index (χ0v) is 7.14. The van der Waals surface area contributed by atoms with Crippen molar-refractivity contribution in [2.75, 3.05) is 6.61 Å². The lowest BCUT2D eigenvalue weighted by Crippen LogP contribution is -2.16. The fraction of sp³-hybridized carbons (Fsp3) is 0.667. The Balaban J connectivity index is 2.54. The van der Waals surface area contributed by atoms with E-state index in [1.165, 1.54) is 5.57 Å². The second kappa shape index (κ2) is 3.56. The molecule has 2 nitrogen and oxygen atoms in total. The number of hydrogen-bond donors (Lipinski definition) is 0. The van der Waals surface area contributed by atoms with Crippen molar-refractivity contribution >= 4 is 5.97 Å². The van der Waals surface area contributed by atoms with Crippen LogP contribution in [0.15, 0.2) is 11.1 Å². The summed E-state index contributed by atoms with van der Waals surface area (Å²) in [7, 11) is 0. The van der Waals surface area contributed by atoms with Crippen molar-refractivity contribution in [3.8, 4) is 0 Å². The zero-order chi connectivity index (χ0) is 8.27. The first-order valence-corrected chi connectivity index (χ1v) is 4.17. The standard InChI is InChI=1S/C9H14O2/c1-3-7-5-6-8(7)9(10)11-4-2/h3-6H2,1-2H3. The Kier molecular flexibility index (Phi) is 2.69. The van der Waals surface area contributed by atoms with Crippen LogP contribution >= 0.6 is 0 Å². The van der Waals surface area contributed by atoms with Crippen LogP contribution in [0.1, 0.15) is 33.1 Å². The number of esters is 1. The van der Waals surface area contributed by atoms with Gasteiger partial charge in [-0.1, -0.05) is 12.5 Å². The molecule has 0 amide bonds. The van der Waals surface area contributed by atoms with Crippen LogP contribution in [-0.2, 0) is 9.53 Å². The lowest BCUT2D eigenvalue weighted by Gasteiger charge is -2.20. The van der Waals surface area contributed by atoms with Gasteiger partial charge in [-0.05, 0) is 26.2 Å². The van der Waals surface area contributed by atoms with E-state index in [2.05, 4.69) is 6.92 Å². The van der Waals surface area contributed by atoms with E-state index in [0.717, 1.165) is 24.8 Å². The Hall–Kier alpha value is -0.790. The van der Waals surface area contributed by atoms with Crippen LogP contribution in [0.3, 0.4) is 0 Å². The fourth-order valence-corrected chi connectivity index (χ4v) is 1.28. The summed E-state index contributed by atoms with van der Waals surface area (Å²) in [6.45, 7) is 4.40. The van der Waals surface area contributed by atoms with Crippen molar-refractivity contribution in [2.45, 2.75) is 33.1 Å². The highest BCUT2D eigenvalue weighted by Crippen LogP contribution is 2.30. The third-order valence-electron chi connectivity index (χ3n) is 2.05. The number of carbonyl (C=O) groups excluding carboxylic acids is 1. The van der Waals surface area contributed by atoms with E-state index >= 15 is 0 Å². The average Bonchev–Trinajstić information content (AvgIpc) is 1.86. The maximum Gasteiger partial charge on any atom is 0.333 e. The molecule has 0 heterocycles. The highest BCUT2D eigenvalue weighted by atomic mass is 16.5. The maximum atomic E-state index is 11.1. The number of rotatable bonds is 3. The van der Waals surface area contributed by atoms with E-state index in [0.29, 0.717) is 6.61 Å². The fourth-order valence-electron chi connectivity index (χ4n) is 1.28. The van der Waals surface area contributed by atoms with Crippen molar-refractivity contribution in [3.05, 3.63) is 11.1 Å². The third kappa shape index (κ3) is 1.62. The minimum Gasteiger partial charge on any atom is -0.463 e.